The summed E-state index contributed by atoms with van der Waals surface area (Å²) in [4.78, 5) is 34.6. The molecule has 0 saturated carbocycles. The number of amides is 3. The highest BCUT2D eigenvalue weighted by Crippen LogP contribution is 2.11. The maximum absolute atomic E-state index is 12.0. The van der Waals surface area contributed by atoms with E-state index < -0.39 is 11.4 Å². The van der Waals surface area contributed by atoms with E-state index >= 15 is 0 Å². The Hall–Kier alpha value is -2.57. The number of hydrogen-bond acceptors (Lipinski definition) is 3. The quantitative estimate of drug-likeness (QED) is 0.503. The van der Waals surface area contributed by atoms with E-state index in [-0.39, 0.29) is 24.4 Å². The molecule has 1 aromatic rings. The third-order valence-electron chi connectivity index (χ3n) is 3.74. The number of carboxylic acid groups (broad SMARTS) is 1. The van der Waals surface area contributed by atoms with E-state index in [0.29, 0.717) is 25.9 Å². The van der Waals surface area contributed by atoms with Crippen molar-refractivity contribution in [1.29, 1.82) is 0 Å². The van der Waals surface area contributed by atoms with Crippen molar-refractivity contribution in [2.75, 3.05) is 13.1 Å². The van der Waals surface area contributed by atoms with Crippen molar-refractivity contribution in [3.63, 3.8) is 0 Å². The van der Waals surface area contributed by atoms with E-state index in [1.165, 1.54) is 0 Å². The average Bonchev–Trinajstić information content (AvgIpc) is 2.56. The van der Waals surface area contributed by atoms with Crippen molar-refractivity contribution in [3.05, 3.63) is 35.9 Å². The Morgan fingerprint density at radius 2 is 1.65 bits per heavy atom. The van der Waals surface area contributed by atoms with Crippen LogP contribution in [-0.4, -0.2) is 42.1 Å². The third-order valence-corrected chi connectivity index (χ3v) is 3.74. The molecule has 0 aliphatic carbocycles. The van der Waals surface area contributed by atoms with E-state index in [9.17, 15) is 14.4 Å². The highest BCUT2D eigenvalue weighted by Gasteiger charge is 2.20. The predicted molar refractivity (Wildman–Crippen MR) is 99.8 cm³/mol. The minimum atomic E-state index is -0.893. The Morgan fingerprint density at radius 3 is 2.23 bits per heavy atom. The molecule has 1 atom stereocenters. The number of urea groups is 1. The summed E-state index contributed by atoms with van der Waals surface area (Å²) in [5.41, 5.74) is 0.556. The zero-order chi connectivity index (χ0) is 19.6. The minimum Gasteiger partial charge on any atom is -0.481 e. The van der Waals surface area contributed by atoms with Crippen LogP contribution in [0.4, 0.5) is 4.79 Å². The van der Waals surface area contributed by atoms with Crippen LogP contribution >= 0.6 is 0 Å². The molecule has 7 heteroatoms. The average molecular weight is 363 g/mol. The van der Waals surface area contributed by atoms with Gasteiger partial charge in [-0.05, 0) is 18.4 Å². The lowest BCUT2D eigenvalue weighted by atomic mass is 9.96. The molecule has 0 aliphatic rings. The summed E-state index contributed by atoms with van der Waals surface area (Å²) in [5, 5.41) is 17.1. The first-order valence-corrected chi connectivity index (χ1v) is 8.77. The largest absolute Gasteiger partial charge is 0.481 e. The van der Waals surface area contributed by atoms with Crippen molar-refractivity contribution in [2.24, 2.45) is 5.41 Å². The highest BCUT2D eigenvalue weighted by atomic mass is 16.4. The minimum absolute atomic E-state index is 0.0145. The van der Waals surface area contributed by atoms with E-state index in [1.807, 2.05) is 51.1 Å². The van der Waals surface area contributed by atoms with Gasteiger partial charge in [0.25, 0.3) is 0 Å². The van der Waals surface area contributed by atoms with Gasteiger partial charge in [-0.15, -0.1) is 0 Å². The number of carbonyl (C=O) groups is 3. The van der Waals surface area contributed by atoms with Gasteiger partial charge in [0.2, 0.25) is 5.91 Å². The molecule has 1 aromatic carbocycles. The SMILES string of the molecule is CC(C)(C)C(=O)NCCNC(=O)NC(CCC(=O)O)Cc1ccccc1. The van der Waals surface area contributed by atoms with Crippen LogP contribution < -0.4 is 16.0 Å². The van der Waals surface area contributed by atoms with Crippen LogP contribution in [0.1, 0.15) is 39.2 Å². The molecular weight excluding hydrogens is 334 g/mol. The zero-order valence-electron chi connectivity index (χ0n) is 15.7. The van der Waals surface area contributed by atoms with E-state index in [1.54, 1.807) is 0 Å². The first kappa shape index (κ1) is 21.5. The second-order valence-corrected chi connectivity index (χ2v) is 7.23. The number of rotatable bonds is 9. The summed E-state index contributed by atoms with van der Waals surface area (Å²) in [7, 11) is 0. The Kier molecular flexibility index (Phi) is 8.61. The van der Waals surface area contributed by atoms with E-state index in [2.05, 4.69) is 16.0 Å². The lowest BCUT2D eigenvalue weighted by molar-refractivity contribution is -0.137. The van der Waals surface area contributed by atoms with Gasteiger partial charge in [0.1, 0.15) is 0 Å². The van der Waals surface area contributed by atoms with Crippen molar-refractivity contribution in [1.82, 2.24) is 16.0 Å². The molecule has 0 aliphatic heterocycles. The summed E-state index contributed by atoms with van der Waals surface area (Å²) in [6, 6.07) is 8.94. The maximum atomic E-state index is 12.0. The molecule has 0 fully saturated rings. The molecule has 1 unspecified atom stereocenters. The number of nitrogens with one attached hydrogen (secondary N) is 3. The fourth-order valence-electron chi connectivity index (χ4n) is 2.28. The Bertz CT molecular complexity index is 597. The van der Waals surface area contributed by atoms with E-state index in [4.69, 9.17) is 5.11 Å². The van der Waals surface area contributed by atoms with Gasteiger partial charge < -0.3 is 21.1 Å². The topological polar surface area (TPSA) is 108 Å². The second-order valence-electron chi connectivity index (χ2n) is 7.23. The molecule has 0 bridgehead atoms. The molecule has 0 saturated heterocycles. The van der Waals surface area contributed by atoms with Crippen LogP contribution in [0.15, 0.2) is 30.3 Å². The lowest BCUT2D eigenvalue weighted by Crippen LogP contribution is -2.46. The second kappa shape index (κ2) is 10.4. The van der Waals surface area contributed by atoms with Crippen molar-refractivity contribution in [3.8, 4) is 0 Å². The number of carbonyl (C=O) groups excluding carboxylic acids is 2. The van der Waals surface area contributed by atoms with Gasteiger partial charge >= 0.3 is 12.0 Å². The molecule has 144 valence electrons. The Labute approximate surface area is 154 Å². The Balaban J connectivity index is 2.43. The van der Waals surface area contributed by atoms with Crippen molar-refractivity contribution in [2.45, 2.75) is 46.1 Å². The first-order valence-electron chi connectivity index (χ1n) is 8.77. The molecule has 0 aromatic heterocycles. The lowest BCUT2D eigenvalue weighted by Gasteiger charge is -2.20. The summed E-state index contributed by atoms with van der Waals surface area (Å²) in [6.45, 7) is 6.09. The van der Waals surface area contributed by atoms with Crippen LogP contribution in [0.3, 0.4) is 0 Å². The smallest absolute Gasteiger partial charge is 0.315 e. The zero-order valence-corrected chi connectivity index (χ0v) is 15.7. The molecular formula is C19H29N3O4. The van der Waals surface area contributed by atoms with Gasteiger partial charge in [0.15, 0.2) is 0 Å². The van der Waals surface area contributed by atoms with Crippen LogP contribution in [0.2, 0.25) is 0 Å². The van der Waals surface area contributed by atoms with Gasteiger partial charge in [-0.25, -0.2) is 4.79 Å². The summed E-state index contributed by atoms with van der Waals surface area (Å²) in [5.74, 6) is -0.974. The molecule has 0 radical (unpaired) electrons. The third kappa shape index (κ3) is 9.05. The normalized spacial score (nSPS) is 12.1. The number of hydrogen-bond donors (Lipinski definition) is 4. The number of benzene rings is 1. The molecule has 26 heavy (non-hydrogen) atoms. The van der Waals surface area contributed by atoms with Crippen molar-refractivity contribution >= 4 is 17.9 Å². The summed E-state index contributed by atoms with van der Waals surface area (Å²) >= 11 is 0. The van der Waals surface area contributed by atoms with Gasteiger partial charge in [-0.1, -0.05) is 51.1 Å². The maximum Gasteiger partial charge on any atom is 0.315 e. The first-order chi connectivity index (χ1) is 12.2. The number of aliphatic carboxylic acids is 1. The standard InChI is InChI=1S/C19H29N3O4/c1-19(2,3)17(25)20-11-12-21-18(26)22-15(9-10-16(23)24)13-14-7-5-4-6-8-14/h4-8,15H,9-13H2,1-3H3,(H,20,25)(H,23,24)(H2,21,22,26). The fourth-order valence-corrected chi connectivity index (χ4v) is 2.28. The molecule has 0 heterocycles. The fraction of sp³-hybridized carbons (Fsp3) is 0.526. The molecule has 7 nitrogen and oxygen atoms in total. The molecule has 4 N–H and O–H groups in total. The van der Waals surface area contributed by atoms with Gasteiger partial charge in [-0.3, -0.25) is 9.59 Å². The molecule has 0 spiro atoms. The molecule has 1 rings (SSSR count). The number of carboxylic acids is 1. The Morgan fingerprint density at radius 1 is 1.04 bits per heavy atom. The van der Waals surface area contributed by atoms with E-state index in [0.717, 1.165) is 5.56 Å². The predicted octanol–water partition coefficient (Wildman–Crippen LogP) is 1.92. The van der Waals surface area contributed by atoms with Gasteiger partial charge in [0, 0.05) is 31.0 Å². The van der Waals surface area contributed by atoms with Crippen LogP contribution in [0.25, 0.3) is 0 Å². The van der Waals surface area contributed by atoms with Crippen molar-refractivity contribution < 1.29 is 19.5 Å². The van der Waals surface area contributed by atoms with Crippen LogP contribution in [-0.2, 0) is 16.0 Å². The summed E-state index contributed by atoms with van der Waals surface area (Å²) in [6.07, 6.45) is 0.889. The monoisotopic (exact) mass is 363 g/mol. The van der Waals surface area contributed by atoms with Crippen LogP contribution in [0, 0.1) is 5.41 Å². The molecule has 3 amide bonds. The van der Waals surface area contributed by atoms with Crippen LogP contribution in [0.5, 0.6) is 0 Å². The highest BCUT2D eigenvalue weighted by molar-refractivity contribution is 5.81. The summed E-state index contributed by atoms with van der Waals surface area (Å²) < 4.78 is 0. The van der Waals surface area contributed by atoms with Gasteiger partial charge in [-0.2, -0.15) is 0 Å². The van der Waals surface area contributed by atoms with Gasteiger partial charge in [0.05, 0.1) is 0 Å².